The molecule has 0 bridgehead atoms. The number of hydrogen-bond acceptors (Lipinski definition) is 5. The highest BCUT2D eigenvalue weighted by Crippen LogP contribution is 2.19. The number of anilines is 1. The summed E-state index contributed by atoms with van der Waals surface area (Å²) in [6.07, 6.45) is 0. The Kier molecular flexibility index (Phi) is 3.40. The number of rotatable bonds is 3. The molecule has 1 saturated heterocycles. The van der Waals surface area contributed by atoms with Crippen LogP contribution in [0, 0.1) is 0 Å². The Bertz CT molecular complexity index is 558. The smallest absolute Gasteiger partial charge is 0.209 e. The maximum absolute atomic E-state index is 5.76. The van der Waals surface area contributed by atoms with Crippen LogP contribution >= 0.6 is 0 Å². The fraction of sp³-hybridized carbons (Fsp3) is 0.500. The molecule has 1 aromatic heterocycles. The SMILES string of the molecule is CCN1CCN(Cc2nc3cc(N)ccc3o2)CC1. The highest BCUT2D eigenvalue weighted by atomic mass is 16.3. The van der Waals surface area contributed by atoms with E-state index in [1.165, 1.54) is 0 Å². The van der Waals surface area contributed by atoms with Gasteiger partial charge in [0.15, 0.2) is 5.58 Å². The van der Waals surface area contributed by atoms with E-state index in [1.54, 1.807) is 0 Å². The summed E-state index contributed by atoms with van der Waals surface area (Å²) >= 11 is 0. The molecule has 0 radical (unpaired) electrons. The van der Waals surface area contributed by atoms with Gasteiger partial charge in [-0.05, 0) is 24.7 Å². The summed E-state index contributed by atoms with van der Waals surface area (Å²) in [5.74, 6) is 0.783. The molecular weight excluding hydrogens is 240 g/mol. The van der Waals surface area contributed by atoms with E-state index in [0.29, 0.717) is 0 Å². The molecule has 1 aliphatic rings. The van der Waals surface area contributed by atoms with Crippen molar-refractivity contribution < 1.29 is 4.42 Å². The summed E-state index contributed by atoms with van der Waals surface area (Å²) in [6, 6.07) is 5.59. The average molecular weight is 260 g/mol. The molecule has 1 fully saturated rings. The molecule has 2 N–H and O–H groups in total. The lowest BCUT2D eigenvalue weighted by Gasteiger charge is -2.33. The Hall–Kier alpha value is -1.59. The largest absolute Gasteiger partial charge is 0.439 e. The molecule has 2 aromatic rings. The number of oxazole rings is 1. The topological polar surface area (TPSA) is 58.5 Å². The third-order valence-corrected chi connectivity index (χ3v) is 3.73. The van der Waals surface area contributed by atoms with Crippen molar-refractivity contribution >= 4 is 16.8 Å². The third kappa shape index (κ3) is 2.72. The minimum atomic E-state index is 0.726. The van der Waals surface area contributed by atoms with Crippen LogP contribution in [0.25, 0.3) is 11.1 Å². The molecule has 0 spiro atoms. The molecule has 0 saturated carbocycles. The van der Waals surface area contributed by atoms with Gasteiger partial charge in [0.2, 0.25) is 5.89 Å². The zero-order chi connectivity index (χ0) is 13.2. The fourth-order valence-electron chi connectivity index (χ4n) is 2.51. The van der Waals surface area contributed by atoms with Crippen molar-refractivity contribution in [2.75, 3.05) is 38.5 Å². The highest BCUT2D eigenvalue weighted by molar-refractivity contribution is 5.76. The van der Waals surface area contributed by atoms with Gasteiger partial charge in [-0.2, -0.15) is 0 Å². The number of nitrogens with zero attached hydrogens (tertiary/aromatic N) is 3. The van der Waals surface area contributed by atoms with Crippen molar-refractivity contribution in [3.63, 3.8) is 0 Å². The van der Waals surface area contributed by atoms with Gasteiger partial charge < -0.3 is 15.1 Å². The quantitative estimate of drug-likeness (QED) is 0.848. The van der Waals surface area contributed by atoms with Crippen molar-refractivity contribution in [1.29, 1.82) is 0 Å². The second-order valence-electron chi connectivity index (χ2n) is 5.05. The molecule has 5 heteroatoms. The van der Waals surface area contributed by atoms with Gasteiger partial charge in [0, 0.05) is 31.9 Å². The second-order valence-corrected chi connectivity index (χ2v) is 5.05. The lowest BCUT2D eigenvalue weighted by molar-refractivity contribution is 0.124. The summed E-state index contributed by atoms with van der Waals surface area (Å²) in [7, 11) is 0. The summed E-state index contributed by atoms with van der Waals surface area (Å²) in [5, 5.41) is 0. The van der Waals surface area contributed by atoms with Crippen molar-refractivity contribution in [2.45, 2.75) is 13.5 Å². The van der Waals surface area contributed by atoms with Gasteiger partial charge in [-0.1, -0.05) is 6.92 Å². The number of nitrogen functional groups attached to an aromatic ring is 1. The van der Waals surface area contributed by atoms with Gasteiger partial charge in [0.25, 0.3) is 0 Å². The summed E-state index contributed by atoms with van der Waals surface area (Å²) in [4.78, 5) is 9.36. The molecule has 102 valence electrons. The van der Waals surface area contributed by atoms with Crippen molar-refractivity contribution in [3.05, 3.63) is 24.1 Å². The molecular formula is C14H20N4O. The van der Waals surface area contributed by atoms with E-state index in [2.05, 4.69) is 21.7 Å². The first-order valence-electron chi connectivity index (χ1n) is 6.84. The van der Waals surface area contributed by atoms with Crippen molar-refractivity contribution in [1.82, 2.24) is 14.8 Å². The van der Waals surface area contributed by atoms with E-state index >= 15 is 0 Å². The van der Waals surface area contributed by atoms with Crippen LogP contribution in [0.5, 0.6) is 0 Å². The van der Waals surface area contributed by atoms with Crippen LogP contribution in [0.3, 0.4) is 0 Å². The van der Waals surface area contributed by atoms with Crippen molar-refractivity contribution in [2.24, 2.45) is 0 Å². The zero-order valence-corrected chi connectivity index (χ0v) is 11.3. The molecule has 0 atom stereocenters. The van der Waals surface area contributed by atoms with Crippen LogP contribution in [0.2, 0.25) is 0 Å². The van der Waals surface area contributed by atoms with Gasteiger partial charge in [-0.15, -0.1) is 0 Å². The minimum Gasteiger partial charge on any atom is -0.439 e. The first kappa shape index (κ1) is 12.4. The Morgan fingerprint density at radius 3 is 2.68 bits per heavy atom. The van der Waals surface area contributed by atoms with Crippen LogP contribution in [0.15, 0.2) is 22.6 Å². The lowest BCUT2D eigenvalue weighted by atomic mass is 10.3. The molecule has 0 aliphatic carbocycles. The zero-order valence-electron chi connectivity index (χ0n) is 11.3. The normalized spacial score (nSPS) is 18.2. The second kappa shape index (κ2) is 5.19. The van der Waals surface area contributed by atoms with Crippen LogP contribution < -0.4 is 5.73 Å². The Morgan fingerprint density at radius 2 is 1.95 bits per heavy atom. The summed E-state index contributed by atoms with van der Waals surface area (Å²) < 4.78 is 5.76. The monoisotopic (exact) mass is 260 g/mol. The van der Waals surface area contributed by atoms with Crippen LogP contribution in [-0.2, 0) is 6.54 Å². The first-order valence-corrected chi connectivity index (χ1v) is 6.84. The van der Waals surface area contributed by atoms with Gasteiger partial charge in [0.1, 0.15) is 5.52 Å². The molecule has 5 nitrogen and oxygen atoms in total. The Morgan fingerprint density at radius 1 is 1.21 bits per heavy atom. The van der Waals surface area contributed by atoms with E-state index in [0.717, 1.165) is 61.9 Å². The number of fused-ring (bicyclic) bond motifs is 1. The molecule has 0 amide bonds. The number of likely N-dealkylation sites (N-methyl/N-ethyl adjacent to an activating group) is 1. The first-order chi connectivity index (χ1) is 9.24. The van der Waals surface area contributed by atoms with Gasteiger partial charge in [0.05, 0.1) is 6.54 Å². The predicted octanol–water partition coefficient (Wildman–Crippen LogP) is 1.55. The van der Waals surface area contributed by atoms with E-state index in [1.807, 2.05) is 18.2 Å². The number of aromatic nitrogens is 1. The van der Waals surface area contributed by atoms with E-state index in [9.17, 15) is 0 Å². The number of piperazine rings is 1. The maximum atomic E-state index is 5.76. The van der Waals surface area contributed by atoms with Crippen LogP contribution in [0.1, 0.15) is 12.8 Å². The molecule has 1 aromatic carbocycles. The van der Waals surface area contributed by atoms with Crippen LogP contribution in [0.4, 0.5) is 5.69 Å². The van der Waals surface area contributed by atoms with Gasteiger partial charge in [-0.3, -0.25) is 4.90 Å². The van der Waals surface area contributed by atoms with E-state index < -0.39 is 0 Å². The Labute approximate surface area is 113 Å². The van der Waals surface area contributed by atoms with Crippen molar-refractivity contribution in [3.8, 4) is 0 Å². The number of hydrogen-bond donors (Lipinski definition) is 1. The van der Waals surface area contributed by atoms with Gasteiger partial charge >= 0.3 is 0 Å². The van der Waals surface area contributed by atoms with Crippen LogP contribution in [-0.4, -0.2) is 47.5 Å². The standard InChI is InChI=1S/C14H20N4O/c1-2-17-5-7-18(8-6-17)10-14-16-12-9-11(15)3-4-13(12)19-14/h3-4,9H,2,5-8,10,15H2,1H3. The maximum Gasteiger partial charge on any atom is 0.209 e. The summed E-state index contributed by atoms with van der Waals surface area (Å²) in [5.41, 5.74) is 8.14. The molecule has 1 aliphatic heterocycles. The Balaban J connectivity index is 1.68. The number of benzene rings is 1. The average Bonchev–Trinajstić information content (AvgIpc) is 2.81. The molecule has 0 unspecified atom stereocenters. The van der Waals surface area contributed by atoms with Gasteiger partial charge in [-0.25, -0.2) is 4.98 Å². The van der Waals surface area contributed by atoms with E-state index in [-0.39, 0.29) is 0 Å². The summed E-state index contributed by atoms with van der Waals surface area (Å²) in [6.45, 7) is 8.54. The predicted molar refractivity (Wildman–Crippen MR) is 75.8 cm³/mol. The molecule has 3 rings (SSSR count). The number of nitrogens with two attached hydrogens (primary N) is 1. The fourth-order valence-corrected chi connectivity index (χ4v) is 2.51. The molecule has 19 heavy (non-hydrogen) atoms. The highest BCUT2D eigenvalue weighted by Gasteiger charge is 2.17. The van der Waals surface area contributed by atoms with E-state index in [4.69, 9.17) is 10.2 Å². The molecule has 2 heterocycles. The third-order valence-electron chi connectivity index (χ3n) is 3.73. The minimum absolute atomic E-state index is 0.726. The lowest BCUT2D eigenvalue weighted by Crippen LogP contribution is -2.45.